The smallest absolute Gasteiger partial charge is 0.530 e. The summed E-state index contributed by atoms with van der Waals surface area (Å²) in [5, 5.41) is 14.8. The number of oxime groups is 1. The van der Waals surface area contributed by atoms with Gasteiger partial charge in [0.15, 0.2) is 0 Å². The van der Waals surface area contributed by atoms with Gasteiger partial charge in [-0.05, 0) is 36.8 Å². The SMILES string of the molecule is CC(=NOc1cc(OC2CCN(C(=O)[O-])CC2)ncn1)c1ccc(OC(F)(F)F)cc1. The van der Waals surface area contributed by atoms with Crippen molar-refractivity contribution in [2.45, 2.75) is 32.2 Å². The summed E-state index contributed by atoms with van der Waals surface area (Å²) in [6, 6.07) is 6.60. The van der Waals surface area contributed by atoms with Crippen molar-refractivity contribution in [2.75, 3.05) is 13.1 Å². The number of nitrogens with zero attached hydrogens (tertiary/aromatic N) is 4. The minimum atomic E-state index is -4.76. The van der Waals surface area contributed by atoms with Crippen LogP contribution in [0.3, 0.4) is 0 Å². The van der Waals surface area contributed by atoms with E-state index in [1.807, 2.05) is 0 Å². The van der Waals surface area contributed by atoms with Gasteiger partial charge in [-0.15, -0.1) is 13.2 Å². The lowest BCUT2D eigenvalue weighted by atomic mass is 10.1. The number of hydrogen-bond acceptors (Lipinski definition) is 8. The van der Waals surface area contributed by atoms with Crippen molar-refractivity contribution in [3.63, 3.8) is 0 Å². The number of carbonyl (C=O) groups excluding carboxylic acids is 1. The van der Waals surface area contributed by atoms with E-state index in [0.717, 1.165) is 0 Å². The van der Waals surface area contributed by atoms with E-state index in [-0.39, 0.29) is 23.6 Å². The first-order valence-electron chi connectivity index (χ1n) is 9.22. The highest BCUT2D eigenvalue weighted by atomic mass is 19.4. The number of amides is 1. The van der Waals surface area contributed by atoms with Crippen LogP contribution >= 0.6 is 0 Å². The van der Waals surface area contributed by atoms with Gasteiger partial charge in [-0.3, -0.25) is 0 Å². The second-order valence-electron chi connectivity index (χ2n) is 6.60. The molecule has 31 heavy (non-hydrogen) atoms. The molecule has 0 radical (unpaired) electrons. The van der Waals surface area contributed by atoms with Gasteiger partial charge < -0.3 is 29.1 Å². The third kappa shape index (κ3) is 6.73. The predicted octanol–water partition coefficient (Wildman–Crippen LogP) is 2.36. The molecule has 0 N–H and O–H groups in total. The van der Waals surface area contributed by atoms with E-state index < -0.39 is 12.5 Å². The second kappa shape index (κ2) is 9.49. The van der Waals surface area contributed by atoms with Gasteiger partial charge in [-0.2, -0.15) is 4.98 Å². The summed E-state index contributed by atoms with van der Waals surface area (Å²) in [5.41, 5.74) is 0.925. The molecule has 9 nitrogen and oxygen atoms in total. The highest BCUT2D eigenvalue weighted by Crippen LogP contribution is 2.23. The molecule has 1 aliphatic heterocycles. The van der Waals surface area contributed by atoms with E-state index in [4.69, 9.17) is 9.57 Å². The number of likely N-dealkylation sites (tertiary alicyclic amines) is 1. The average Bonchev–Trinajstić information content (AvgIpc) is 2.72. The number of aromatic nitrogens is 2. The second-order valence-corrected chi connectivity index (χ2v) is 6.60. The van der Waals surface area contributed by atoms with Crippen LogP contribution in [0, 0.1) is 0 Å². The Kier molecular flexibility index (Phi) is 6.78. The van der Waals surface area contributed by atoms with Crippen LogP contribution in [0.1, 0.15) is 25.3 Å². The maximum Gasteiger partial charge on any atom is 0.573 e. The molecular formula is C19H18F3N4O5-. The average molecular weight is 439 g/mol. The van der Waals surface area contributed by atoms with E-state index in [0.29, 0.717) is 37.2 Å². The van der Waals surface area contributed by atoms with Crippen LogP contribution in [0.5, 0.6) is 17.5 Å². The minimum absolute atomic E-state index is 0.105. The monoisotopic (exact) mass is 439 g/mol. The van der Waals surface area contributed by atoms with E-state index in [1.54, 1.807) is 6.92 Å². The van der Waals surface area contributed by atoms with Crippen molar-refractivity contribution in [2.24, 2.45) is 5.16 Å². The van der Waals surface area contributed by atoms with Crippen LogP contribution in [-0.2, 0) is 0 Å². The highest BCUT2D eigenvalue weighted by molar-refractivity contribution is 5.98. The molecular weight excluding hydrogens is 421 g/mol. The lowest BCUT2D eigenvalue weighted by molar-refractivity contribution is -0.274. The van der Waals surface area contributed by atoms with Crippen molar-refractivity contribution in [1.29, 1.82) is 0 Å². The Morgan fingerprint density at radius 3 is 2.42 bits per heavy atom. The zero-order valence-corrected chi connectivity index (χ0v) is 16.3. The predicted molar refractivity (Wildman–Crippen MR) is 98.6 cm³/mol. The van der Waals surface area contributed by atoms with Crippen LogP contribution in [0.25, 0.3) is 0 Å². The number of carbonyl (C=O) groups is 1. The fraction of sp³-hybridized carbons (Fsp3) is 0.368. The molecule has 1 saturated heterocycles. The molecule has 2 aromatic rings. The first-order chi connectivity index (χ1) is 14.7. The molecule has 0 spiro atoms. The maximum absolute atomic E-state index is 12.2. The van der Waals surface area contributed by atoms with Gasteiger partial charge in [0.1, 0.15) is 24.3 Å². The van der Waals surface area contributed by atoms with Gasteiger partial charge in [-0.1, -0.05) is 5.16 Å². The lowest BCUT2D eigenvalue weighted by Gasteiger charge is -2.33. The van der Waals surface area contributed by atoms with E-state index >= 15 is 0 Å². The molecule has 0 saturated carbocycles. The third-order valence-electron chi connectivity index (χ3n) is 4.39. The maximum atomic E-state index is 12.2. The standard InChI is InChI=1S/C19H19F3N4O5/c1-12(13-2-4-15(5-3-13)30-19(20,21)22)25-31-17-10-16(23-11-24-17)29-14-6-8-26(9-7-14)18(27)28/h2-5,10-11,14H,6-9H2,1H3,(H,27,28)/p-1. The zero-order valence-electron chi connectivity index (χ0n) is 16.3. The Balaban J connectivity index is 1.56. The van der Waals surface area contributed by atoms with Gasteiger partial charge in [0.25, 0.3) is 5.88 Å². The highest BCUT2D eigenvalue weighted by Gasteiger charge is 2.31. The van der Waals surface area contributed by atoms with Crippen molar-refractivity contribution >= 4 is 11.8 Å². The molecule has 0 aliphatic carbocycles. The topological polar surface area (TPSA) is 109 Å². The molecule has 166 valence electrons. The summed E-state index contributed by atoms with van der Waals surface area (Å²) in [7, 11) is 0. The summed E-state index contributed by atoms with van der Waals surface area (Å²) in [5.74, 6) is 0.0139. The first-order valence-corrected chi connectivity index (χ1v) is 9.22. The Labute approximate surface area is 175 Å². The van der Waals surface area contributed by atoms with Crippen molar-refractivity contribution in [1.82, 2.24) is 14.9 Å². The number of ether oxygens (including phenoxy) is 2. The van der Waals surface area contributed by atoms with Gasteiger partial charge in [0.2, 0.25) is 5.88 Å². The summed E-state index contributed by atoms with van der Waals surface area (Å²) in [4.78, 5) is 25.2. The Hall–Kier alpha value is -3.57. The summed E-state index contributed by atoms with van der Waals surface area (Å²) in [6.07, 6.45) is -3.94. The molecule has 1 aromatic heterocycles. The number of hydrogen-bond donors (Lipinski definition) is 0. The minimum Gasteiger partial charge on any atom is -0.530 e. The van der Waals surface area contributed by atoms with E-state index in [1.165, 1.54) is 41.6 Å². The summed E-state index contributed by atoms with van der Waals surface area (Å²) < 4.78 is 46.2. The van der Waals surface area contributed by atoms with Gasteiger partial charge in [0, 0.05) is 25.9 Å². The number of rotatable bonds is 6. The van der Waals surface area contributed by atoms with Gasteiger partial charge in [0.05, 0.1) is 11.8 Å². The fourth-order valence-corrected chi connectivity index (χ4v) is 2.83. The Morgan fingerprint density at radius 2 is 1.81 bits per heavy atom. The zero-order chi connectivity index (χ0) is 22.4. The van der Waals surface area contributed by atoms with Crippen LogP contribution in [-0.4, -0.2) is 52.2 Å². The number of alkyl halides is 3. The molecule has 1 fully saturated rings. The normalized spacial score (nSPS) is 15.5. The van der Waals surface area contributed by atoms with E-state index in [2.05, 4.69) is 19.9 Å². The number of piperidine rings is 1. The van der Waals surface area contributed by atoms with E-state index in [9.17, 15) is 23.1 Å². The number of carboxylic acid groups (broad SMARTS) is 1. The molecule has 1 amide bonds. The Morgan fingerprint density at radius 1 is 1.16 bits per heavy atom. The molecule has 0 atom stereocenters. The lowest BCUT2D eigenvalue weighted by Crippen LogP contribution is -2.47. The molecule has 1 aromatic carbocycles. The van der Waals surface area contributed by atoms with Crippen molar-refractivity contribution in [3.8, 4) is 17.5 Å². The molecule has 12 heteroatoms. The largest absolute Gasteiger partial charge is 0.573 e. The van der Waals surface area contributed by atoms with Crippen molar-refractivity contribution in [3.05, 3.63) is 42.2 Å². The number of benzene rings is 1. The van der Waals surface area contributed by atoms with Gasteiger partial charge in [-0.25, -0.2) is 4.98 Å². The number of halogens is 3. The molecule has 2 heterocycles. The summed E-state index contributed by atoms with van der Waals surface area (Å²) in [6.45, 7) is 2.25. The van der Waals surface area contributed by atoms with Crippen LogP contribution in [0.4, 0.5) is 18.0 Å². The summed E-state index contributed by atoms with van der Waals surface area (Å²) >= 11 is 0. The third-order valence-corrected chi connectivity index (χ3v) is 4.39. The van der Waals surface area contributed by atoms with Crippen LogP contribution < -0.4 is 19.4 Å². The molecule has 3 rings (SSSR count). The Bertz CT molecular complexity index is 929. The van der Waals surface area contributed by atoms with Crippen LogP contribution in [0.15, 0.2) is 41.8 Å². The quantitative estimate of drug-likeness (QED) is 0.502. The first kappa shape index (κ1) is 22.1. The van der Waals surface area contributed by atoms with Crippen LogP contribution in [0.2, 0.25) is 0 Å². The molecule has 0 unspecified atom stereocenters. The van der Waals surface area contributed by atoms with Gasteiger partial charge >= 0.3 is 6.36 Å². The molecule has 0 bridgehead atoms. The fourth-order valence-electron chi connectivity index (χ4n) is 2.83. The molecule has 1 aliphatic rings. The van der Waals surface area contributed by atoms with Crippen molar-refractivity contribution < 1.29 is 37.4 Å².